The molecular weight excluding hydrogens is 328 g/mol. The van der Waals surface area contributed by atoms with Gasteiger partial charge in [0.1, 0.15) is 29.4 Å². The fraction of sp³-hybridized carbons (Fsp3) is 0.278. The Kier molecular flexibility index (Phi) is 3.59. The molecule has 0 saturated carbocycles. The number of nitrogens with zero attached hydrogens (tertiary/aromatic N) is 7. The summed E-state index contributed by atoms with van der Waals surface area (Å²) in [5.74, 6) is 3.00. The van der Waals surface area contributed by atoms with Crippen LogP contribution in [0.1, 0.15) is 17.2 Å². The second-order valence-corrected chi connectivity index (χ2v) is 6.40. The zero-order valence-corrected chi connectivity index (χ0v) is 14.2. The molecule has 1 N–H and O–H groups in total. The Morgan fingerprint density at radius 3 is 3.00 bits per heavy atom. The maximum absolute atomic E-state index is 4.52. The van der Waals surface area contributed by atoms with E-state index < -0.39 is 0 Å². The van der Waals surface area contributed by atoms with Crippen molar-refractivity contribution in [1.82, 2.24) is 34.7 Å². The van der Waals surface area contributed by atoms with Crippen molar-refractivity contribution in [3.63, 3.8) is 0 Å². The lowest BCUT2D eigenvalue weighted by atomic mass is 10.2. The number of fused-ring (bicyclic) bond motifs is 2. The van der Waals surface area contributed by atoms with E-state index in [1.165, 1.54) is 0 Å². The average molecular weight is 346 g/mol. The third-order valence-electron chi connectivity index (χ3n) is 4.82. The van der Waals surface area contributed by atoms with Crippen molar-refractivity contribution in [3.8, 4) is 0 Å². The van der Waals surface area contributed by atoms with Crippen LogP contribution in [0.3, 0.4) is 0 Å². The number of aromatic amines is 1. The van der Waals surface area contributed by atoms with Gasteiger partial charge in [-0.2, -0.15) is 0 Å². The standard InChI is InChI=1S/C18H18N8/c1-2-13(11-19-5-1)10-16-24-23-15-4-7-25(8-9-26(15)16)18-14-3-6-20-17(14)21-12-22-18/h1-3,5-6,11-12H,4,7-10H2,(H,20,21,22). The third-order valence-corrected chi connectivity index (χ3v) is 4.82. The van der Waals surface area contributed by atoms with Crippen LogP contribution in [-0.2, 0) is 19.4 Å². The Bertz CT molecular complexity index is 1040. The number of rotatable bonds is 3. The van der Waals surface area contributed by atoms with E-state index in [4.69, 9.17) is 0 Å². The summed E-state index contributed by atoms with van der Waals surface area (Å²) in [6.07, 6.45) is 8.78. The Labute approximate surface area is 150 Å². The normalized spacial score (nSPS) is 14.4. The molecule has 4 aromatic heterocycles. The van der Waals surface area contributed by atoms with Crippen molar-refractivity contribution < 1.29 is 0 Å². The predicted molar refractivity (Wildman–Crippen MR) is 96.9 cm³/mol. The van der Waals surface area contributed by atoms with E-state index in [1.807, 2.05) is 24.5 Å². The van der Waals surface area contributed by atoms with Gasteiger partial charge < -0.3 is 14.5 Å². The summed E-state index contributed by atoms with van der Waals surface area (Å²) < 4.78 is 2.24. The van der Waals surface area contributed by atoms with Crippen LogP contribution in [0.5, 0.6) is 0 Å². The van der Waals surface area contributed by atoms with Gasteiger partial charge in [0, 0.05) is 51.1 Å². The largest absolute Gasteiger partial charge is 0.354 e. The molecule has 0 aromatic carbocycles. The quantitative estimate of drug-likeness (QED) is 0.606. The van der Waals surface area contributed by atoms with Crippen molar-refractivity contribution in [2.45, 2.75) is 19.4 Å². The van der Waals surface area contributed by atoms with Gasteiger partial charge in [-0.3, -0.25) is 4.98 Å². The van der Waals surface area contributed by atoms with E-state index in [2.05, 4.69) is 45.7 Å². The summed E-state index contributed by atoms with van der Waals surface area (Å²) in [7, 11) is 0. The van der Waals surface area contributed by atoms with Crippen molar-refractivity contribution in [2.75, 3.05) is 18.0 Å². The molecule has 8 nitrogen and oxygen atoms in total. The summed E-state index contributed by atoms with van der Waals surface area (Å²) >= 11 is 0. The van der Waals surface area contributed by atoms with E-state index in [1.54, 1.807) is 12.5 Å². The number of pyridine rings is 1. The highest BCUT2D eigenvalue weighted by Crippen LogP contribution is 2.23. The number of hydrogen-bond acceptors (Lipinski definition) is 6. The number of aromatic nitrogens is 7. The topological polar surface area (TPSA) is 88.4 Å². The highest BCUT2D eigenvalue weighted by molar-refractivity contribution is 5.87. The lowest BCUT2D eigenvalue weighted by Crippen LogP contribution is -2.28. The molecule has 5 rings (SSSR count). The van der Waals surface area contributed by atoms with Crippen LogP contribution < -0.4 is 4.90 Å². The minimum atomic E-state index is 0.746. The SMILES string of the molecule is c1cncc(Cc2nnc3n2CCN(c2ncnc4[nH]ccc24)CC3)c1. The Morgan fingerprint density at radius 1 is 1.08 bits per heavy atom. The van der Waals surface area contributed by atoms with Crippen LogP contribution in [0, 0.1) is 0 Å². The molecule has 0 unspecified atom stereocenters. The van der Waals surface area contributed by atoms with Gasteiger partial charge in [0.25, 0.3) is 0 Å². The minimum absolute atomic E-state index is 0.746. The first kappa shape index (κ1) is 15.0. The van der Waals surface area contributed by atoms with E-state index in [9.17, 15) is 0 Å². The minimum Gasteiger partial charge on any atom is -0.354 e. The van der Waals surface area contributed by atoms with Crippen molar-refractivity contribution in [3.05, 3.63) is 60.3 Å². The smallest absolute Gasteiger partial charge is 0.142 e. The Hall–Kier alpha value is -3.29. The van der Waals surface area contributed by atoms with Gasteiger partial charge >= 0.3 is 0 Å². The molecule has 0 amide bonds. The van der Waals surface area contributed by atoms with Crippen LogP contribution in [0.15, 0.2) is 43.1 Å². The monoisotopic (exact) mass is 346 g/mol. The highest BCUT2D eigenvalue weighted by atomic mass is 15.3. The molecule has 0 aliphatic carbocycles. The molecule has 1 aliphatic heterocycles. The summed E-state index contributed by atoms with van der Waals surface area (Å²) in [4.78, 5) is 18.5. The Morgan fingerprint density at radius 2 is 2.08 bits per heavy atom. The first-order chi connectivity index (χ1) is 12.9. The summed E-state index contributed by atoms with van der Waals surface area (Å²) in [6, 6.07) is 6.05. The summed E-state index contributed by atoms with van der Waals surface area (Å²) in [5.41, 5.74) is 2.02. The van der Waals surface area contributed by atoms with Crippen molar-refractivity contribution in [2.24, 2.45) is 0 Å². The lowest BCUT2D eigenvalue weighted by Gasteiger charge is -2.21. The molecule has 0 radical (unpaired) electrons. The van der Waals surface area contributed by atoms with E-state index in [0.717, 1.165) is 66.5 Å². The van der Waals surface area contributed by atoms with Crippen molar-refractivity contribution in [1.29, 1.82) is 0 Å². The van der Waals surface area contributed by atoms with Gasteiger partial charge in [-0.05, 0) is 17.7 Å². The zero-order valence-electron chi connectivity index (χ0n) is 14.2. The fourth-order valence-corrected chi connectivity index (χ4v) is 3.52. The second kappa shape index (κ2) is 6.21. The molecule has 130 valence electrons. The van der Waals surface area contributed by atoms with Crippen molar-refractivity contribution >= 4 is 16.9 Å². The molecule has 5 heterocycles. The maximum atomic E-state index is 4.52. The second-order valence-electron chi connectivity index (χ2n) is 6.40. The van der Waals surface area contributed by atoms with E-state index >= 15 is 0 Å². The first-order valence-corrected chi connectivity index (χ1v) is 8.71. The fourth-order valence-electron chi connectivity index (χ4n) is 3.52. The summed E-state index contributed by atoms with van der Waals surface area (Å²) in [6.45, 7) is 2.57. The molecule has 0 spiro atoms. The summed E-state index contributed by atoms with van der Waals surface area (Å²) in [5, 5.41) is 9.89. The van der Waals surface area contributed by atoms with Gasteiger partial charge in [-0.25, -0.2) is 9.97 Å². The van der Waals surface area contributed by atoms with Gasteiger partial charge in [-0.1, -0.05) is 6.07 Å². The number of H-pyrrole nitrogens is 1. The van der Waals surface area contributed by atoms with Gasteiger partial charge in [0.2, 0.25) is 0 Å². The molecule has 4 aromatic rings. The third kappa shape index (κ3) is 2.59. The molecule has 0 saturated heterocycles. The average Bonchev–Trinajstić information content (AvgIpc) is 3.24. The van der Waals surface area contributed by atoms with Crippen LogP contribution in [0.2, 0.25) is 0 Å². The molecule has 0 bridgehead atoms. The zero-order chi connectivity index (χ0) is 17.3. The van der Waals surface area contributed by atoms with Crippen LogP contribution >= 0.6 is 0 Å². The van der Waals surface area contributed by atoms with E-state index in [-0.39, 0.29) is 0 Å². The number of nitrogens with one attached hydrogen (secondary N) is 1. The van der Waals surface area contributed by atoms with Crippen LogP contribution in [-0.4, -0.2) is 47.8 Å². The lowest BCUT2D eigenvalue weighted by molar-refractivity contribution is 0.654. The van der Waals surface area contributed by atoms with Gasteiger partial charge in [-0.15, -0.1) is 10.2 Å². The highest BCUT2D eigenvalue weighted by Gasteiger charge is 2.21. The van der Waals surface area contributed by atoms with Crippen LogP contribution in [0.4, 0.5) is 5.82 Å². The maximum Gasteiger partial charge on any atom is 0.142 e. The Balaban J connectivity index is 1.41. The molecule has 1 aliphatic rings. The number of hydrogen-bond donors (Lipinski definition) is 1. The number of anilines is 1. The molecule has 26 heavy (non-hydrogen) atoms. The molecule has 0 fully saturated rings. The predicted octanol–water partition coefficient (Wildman–Crippen LogP) is 1.60. The molecule has 8 heteroatoms. The van der Waals surface area contributed by atoms with Gasteiger partial charge in [0.05, 0.1) is 5.39 Å². The molecular formula is C18H18N8. The van der Waals surface area contributed by atoms with E-state index in [0.29, 0.717) is 0 Å². The van der Waals surface area contributed by atoms with Gasteiger partial charge in [0.15, 0.2) is 0 Å². The first-order valence-electron chi connectivity index (χ1n) is 8.71. The molecule has 0 atom stereocenters. The van der Waals surface area contributed by atoms with Crippen LogP contribution in [0.25, 0.3) is 11.0 Å².